The van der Waals surface area contributed by atoms with E-state index in [1.807, 2.05) is 44.6 Å². The van der Waals surface area contributed by atoms with Gasteiger partial charge in [0.15, 0.2) is 0 Å². The van der Waals surface area contributed by atoms with Crippen LogP contribution in [0, 0.1) is 5.92 Å². The maximum Gasteiger partial charge on any atom is 0.220 e. The van der Waals surface area contributed by atoms with Gasteiger partial charge in [-0.1, -0.05) is 32.0 Å². The normalized spacial score (nSPS) is 13.6. The predicted molar refractivity (Wildman–Crippen MR) is 109 cm³/mol. The highest BCUT2D eigenvalue weighted by Gasteiger charge is 2.21. The van der Waals surface area contributed by atoms with Gasteiger partial charge in [0.05, 0.1) is 0 Å². The van der Waals surface area contributed by atoms with Crippen molar-refractivity contribution in [1.29, 1.82) is 0 Å². The smallest absolute Gasteiger partial charge is 0.220 e. The molecule has 146 valence electrons. The number of hydrogen-bond donors (Lipinski definition) is 2. The lowest BCUT2D eigenvalue weighted by atomic mass is 9.86. The van der Waals surface area contributed by atoms with Crippen LogP contribution in [0.2, 0.25) is 0 Å². The number of nitrogens with one attached hydrogen (secondary N) is 1. The van der Waals surface area contributed by atoms with Gasteiger partial charge in [-0.05, 0) is 61.7 Å². The lowest BCUT2D eigenvalue weighted by Crippen LogP contribution is -2.42. The first kappa shape index (κ1) is 20.9. The standard InChI is InChI=1S/C22H31N3O2/c1-16(2)21(18-6-5-11-23-14-18)13-22(27)24-15-19(25(3)4)12-17-7-9-20(26)10-8-17/h5-11,14,16,19,21,26H,12-13,15H2,1-4H3,(H,24,27)/t19-,21-/m0/s1. The van der Waals surface area contributed by atoms with Crippen LogP contribution in [0.25, 0.3) is 0 Å². The van der Waals surface area contributed by atoms with Gasteiger partial charge in [0, 0.05) is 31.4 Å². The zero-order valence-electron chi connectivity index (χ0n) is 16.7. The average molecular weight is 370 g/mol. The number of aromatic hydroxyl groups is 1. The van der Waals surface area contributed by atoms with Crippen molar-refractivity contribution >= 4 is 5.91 Å². The molecule has 1 aromatic carbocycles. The molecule has 2 aromatic rings. The fourth-order valence-corrected chi connectivity index (χ4v) is 3.18. The van der Waals surface area contributed by atoms with Crippen molar-refractivity contribution in [3.05, 3.63) is 59.9 Å². The van der Waals surface area contributed by atoms with Gasteiger partial charge in [-0.25, -0.2) is 0 Å². The molecule has 0 aliphatic heterocycles. The maximum absolute atomic E-state index is 12.6. The molecule has 0 spiro atoms. The minimum absolute atomic E-state index is 0.0649. The SMILES string of the molecule is CC(C)[C@H](CC(=O)NC[C@H](Cc1ccc(O)cc1)N(C)C)c1cccnc1. The Labute approximate surface area is 162 Å². The maximum atomic E-state index is 12.6. The second-order valence-electron chi connectivity index (χ2n) is 7.63. The van der Waals surface area contributed by atoms with E-state index in [9.17, 15) is 9.90 Å². The summed E-state index contributed by atoms with van der Waals surface area (Å²) >= 11 is 0. The molecule has 0 fully saturated rings. The van der Waals surface area contributed by atoms with Crippen LogP contribution in [-0.2, 0) is 11.2 Å². The molecule has 5 heteroatoms. The van der Waals surface area contributed by atoms with Gasteiger partial charge in [-0.15, -0.1) is 0 Å². The molecule has 0 unspecified atom stereocenters. The van der Waals surface area contributed by atoms with Crippen molar-refractivity contribution in [2.75, 3.05) is 20.6 Å². The molecule has 27 heavy (non-hydrogen) atoms. The Morgan fingerprint density at radius 2 is 1.89 bits per heavy atom. The Bertz CT molecular complexity index is 699. The number of nitrogens with zero attached hydrogens (tertiary/aromatic N) is 2. The molecule has 1 amide bonds. The molecule has 1 aromatic heterocycles. The molecule has 0 saturated heterocycles. The third kappa shape index (κ3) is 6.68. The molecule has 0 aliphatic carbocycles. The van der Waals surface area contributed by atoms with Crippen molar-refractivity contribution in [3.63, 3.8) is 0 Å². The lowest BCUT2D eigenvalue weighted by Gasteiger charge is -2.26. The summed E-state index contributed by atoms with van der Waals surface area (Å²) in [5, 5.41) is 12.5. The van der Waals surface area contributed by atoms with Crippen LogP contribution in [0.1, 0.15) is 37.3 Å². The lowest BCUT2D eigenvalue weighted by molar-refractivity contribution is -0.121. The third-order valence-electron chi connectivity index (χ3n) is 5.00. The topological polar surface area (TPSA) is 65.5 Å². The number of benzene rings is 1. The van der Waals surface area contributed by atoms with Crippen molar-refractivity contribution < 1.29 is 9.90 Å². The van der Waals surface area contributed by atoms with Crippen LogP contribution in [0.5, 0.6) is 5.75 Å². The molecule has 0 aliphatic rings. The first-order valence-electron chi connectivity index (χ1n) is 9.47. The zero-order chi connectivity index (χ0) is 19.8. The summed E-state index contributed by atoms with van der Waals surface area (Å²) in [6, 6.07) is 11.4. The molecular weight excluding hydrogens is 338 g/mol. The van der Waals surface area contributed by atoms with E-state index in [0.717, 1.165) is 17.5 Å². The summed E-state index contributed by atoms with van der Waals surface area (Å²) in [5.74, 6) is 0.855. The van der Waals surface area contributed by atoms with Crippen molar-refractivity contribution in [2.24, 2.45) is 5.92 Å². The summed E-state index contributed by atoms with van der Waals surface area (Å²) < 4.78 is 0. The van der Waals surface area contributed by atoms with Gasteiger partial charge in [-0.3, -0.25) is 9.78 Å². The minimum atomic E-state index is 0.0649. The number of amides is 1. The number of pyridine rings is 1. The quantitative estimate of drug-likeness (QED) is 0.712. The predicted octanol–water partition coefficient (Wildman–Crippen LogP) is 3.21. The number of phenolic OH excluding ortho intramolecular Hbond substituents is 1. The zero-order valence-corrected chi connectivity index (χ0v) is 16.7. The van der Waals surface area contributed by atoms with Gasteiger partial charge in [0.1, 0.15) is 5.75 Å². The van der Waals surface area contributed by atoms with Gasteiger partial charge in [0.2, 0.25) is 5.91 Å². The van der Waals surface area contributed by atoms with Crippen molar-refractivity contribution in [1.82, 2.24) is 15.2 Å². The highest BCUT2D eigenvalue weighted by atomic mass is 16.3. The number of carbonyl (C=O) groups excluding carboxylic acids is 1. The number of likely N-dealkylation sites (N-methyl/N-ethyl adjacent to an activating group) is 1. The van der Waals surface area contributed by atoms with Crippen LogP contribution < -0.4 is 5.32 Å². The van der Waals surface area contributed by atoms with Crippen LogP contribution in [0.4, 0.5) is 0 Å². The van der Waals surface area contributed by atoms with Crippen molar-refractivity contribution in [3.8, 4) is 5.75 Å². The van der Waals surface area contributed by atoms with Crippen LogP contribution >= 0.6 is 0 Å². The van der Waals surface area contributed by atoms with Crippen LogP contribution in [0.15, 0.2) is 48.8 Å². The molecule has 0 bridgehead atoms. The van der Waals surface area contributed by atoms with Gasteiger partial charge >= 0.3 is 0 Å². The second-order valence-corrected chi connectivity index (χ2v) is 7.63. The number of phenols is 1. The number of rotatable bonds is 9. The highest BCUT2D eigenvalue weighted by molar-refractivity contribution is 5.77. The van der Waals surface area contributed by atoms with E-state index < -0.39 is 0 Å². The number of carbonyl (C=O) groups is 1. The molecular formula is C22H31N3O2. The second kappa shape index (κ2) is 10.1. The summed E-state index contributed by atoms with van der Waals surface area (Å²) in [6.45, 7) is 4.86. The fraction of sp³-hybridized carbons (Fsp3) is 0.455. The molecule has 2 N–H and O–H groups in total. The Morgan fingerprint density at radius 3 is 2.44 bits per heavy atom. The van der Waals surface area contributed by atoms with E-state index in [-0.39, 0.29) is 23.6 Å². The summed E-state index contributed by atoms with van der Waals surface area (Å²) in [4.78, 5) is 18.9. The first-order valence-corrected chi connectivity index (χ1v) is 9.47. The minimum Gasteiger partial charge on any atom is -0.508 e. The largest absolute Gasteiger partial charge is 0.508 e. The number of aromatic nitrogens is 1. The molecule has 2 rings (SSSR count). The Morgan fingerprint density at radius 1 is 1.19 bits per heavy atom. The first-order chi connectivity index (χ1) is 12.9. The Hall–Kier alpha value is -2.40. The monoisotopic (exact) mass is 369 g/mol. The molecule has 1 heterocycles. The van der Waals surface area contributed by atoms with E-state index in [1.54, 1.807) is 18.3 Å². The molecule has 0 saturated carbocycles. The van der Waals surface area contributed by atoms with E-state index in [4.69, 9.17) is 0 Å². The van der Waals surface area contributed by atoms with Gasteiger partial charge in [-0.2, -0.15) is 0 Å². The van der Waals surface area contributed by atoms with E-state index >= 15 is 0 Å². The van der Waals surface area contributed by atoms with Crippen LogP contribution in [-0.4, -0.2) is 47.6 Å². The average Bonchev–Trinajstić information content (AvgIpc) is 2.65. The highest BCUT2D eigenvalue weighted by Crippen LogP contribution is 2.27. The third-order valence-corrected chi connectivity index (χ3v) is 5.00. The van der Waals surface area contributed by atoms with E-state index in [1.165, 1.54) is 0 Å². The van der Waals surface area contributed by atoms with Crippen molar-refractivity contribution in [2.45, 2.75) is 38.6 Å². The molecule has 0 radical (unpaired) electrons. The molecule has 2 atom stereocenters. The molecule has 5 nitrogen and oxygen atoms in total. The fourth-order valence-electron chi connectivity index (χ4n) is 3.18. The summed E-state index contributed by atoms with van der Waals surface area (Å²) in [7, 11) is 4.04. The van der Waals surface area contributed by atoms with Gasteiger partial charge in [0.25, 0.3) is 0 Å². The van der Waals surface area contributed by atoms with E-state index in [2.05, 4.69) is 29.0 Å². The summed E-state index contributed by atoms with van der Waals surface area (Å²) in [6.07, 6.45) is 4.88. The number of hydrogen-bond acceptors (Lipinski definition) is 4. The Kier molecular flexibility index (Phi) is 7.80. The Balaban J connectivity index is 1.93. The van der Waals surface area contributed by atoms with Crippen LogP contribution in [0.3, 0.4) is 0 Å². The van der Waals surface area contributed by atoms with Gasteiger partial charge < -0.3 is 15.3 Å². The summed E-state index contributed by atoms with van der Waals surface area (Å²) in [5.41, 5.74) is 2.24. The van der Waals surface area contributed by atoms with E-state index in [0.29, 0.717) is 18.9 Å².